The number of rotatable bonds is 3. The molecule has 1 aromatic rings. The fraction of sp³-hybridized carbons (Fsp3) is 0.455. The summed E-state index contributed by atoms with van der Waals surface area (Å²) in [5, 5.41) is 9.42. The zero-order chi connectivity index (χ0) is 9.80. The van der Waals surface area contributed by atoms with Crippen molar-refractivity contribution >= 4 is 0 Å². The second kappa shape index (κ2) is 4.33. The molecule has 0 aliphatic heterocycles. The molecule has 0 aromatic heterocycles. The second-order valence-electron chi connectivity index (χ2n) is 3.67. The van der Waals surface area contributed by atoms with Gasteiger partial charge in [-0.1, -0.05) is 25.0 Å². The molecule has 0 heterocycles. The summed E-state index contributed by atoms with van der Waals surface area (Å²) in [6.07, 6.45) is 4.85. The van der Waals surface area contributed by atoms with Crippen LogP contribution >= 0.6 is 0 Å². The average molecular weight is 193 g/mol. The van der Waals surface area contributed by atoms with Crippen LogP contribution in [0.3, 0.4) is 0 Å². The molecule has 1 aliphatic rings. The van der Waals surface area contributed by atoms with Gasteiger partial charge in [0, 0.05) is 6.04 Å². The number of phenols is 1. The lowest BCUT2D eigenvalue weighted by Gasteiger charge is -2.13. The summed E-state index contributed by atoms with van der Waals surface area (Å²) in [6, 6.07) is 7.42. The van der Waals surface area contributed by atoms with Crippen molar-refractivity contribution in [1.82, 2.24) is 5.48 Å². The van der Waals surface area contributed by atoms with Crippen LogP contribution in [-0.4, -0.2) is 11.1 Å². The SMILES string of the molecule is Oc1ccccc1ONC1CCCC1. The summed E-state index contributed by atoms with van der Waals surface area (Å²) in [5.74, 6) is 0.678. The lowest BCUT2D eigenvalue weighted by Crippen LogP contribution is -2.29. The Morgan fingerprint density at radius 2 is 1.93 bits per heavy atom. The van der Waals surface area contributed by atoms with Gasteiger partial charge in [-0.2, -0.15) is 5.48 Å². The molecule has 3 heteroatoms. The smallest absolute Gasteiger partial charge is 0.188 e. The number of hydrogen-bond donors (Lipinski definition) is 2. The van der Waals surface area contributed by atoms with Crippen LogP contribution < -0.4 is 10.3 Å². The Labute approximate surface area is 83.7 Å². The maximum Gasteiger partial charge on any atom is 0.188 e. The molecule has 0 saturated heterocycles. The number of hydrogen-bond acceptors (Lipinski definition) is 3. The zero-order valence-corrected chi connectivity index (χ0v) is 8.07. The standard InChI is InChI=1S/C11H15NO2/c13-10-7-3-4-8-11(10)14-12-9-5-1-2-6-9/h3-4,7-9,12-13H,1-2,5-6H2. The number of aromatic hydroxyl groups is 1. The molecule has 0 spiro atoms. The van der Waals surface area contributed by atoms with Crippen LogP contribution in [0.4, 0.5) is 0 Å². The predicted octanol–water partition coefficient (Wildman–Crippen LogP) is 2.22. The highest BCUT2D eigenvalue weighted by atomic mass is 16.7. The Hall–Kier alpha value is -1.22. The van der Waals surface area contributed by atoms with Crippen molar-refractivity contribution in [2.24, 2.45) is 0 Å². The summed E-state index contributed by atoms with van der Waals surface area (Å²) in [4.78, 5) is 5.32. The van der Waals surface area contributed by atoms with Gasteiger partial charge in [-0.15, -0.1) is 0 Å². The fourth-order valence-electron chi connectivity index (χ4n) is 1.73. The van der Waals surface area contributed by atoms with E-state index in [0.29, 0.717) is 11.8 Å². The van der Waals surface area contributed by atoms with Gasteiger partial charge in [0.1, 0.15) is 0 Å². The van der Waals surface area contributed by atoms with Gasteiger partial charge in [-0.3, -0.25) is 0 Å². The van der Waals surface area contributed by atoms with Gasteiger partial charge in [-0.25, -0.2) is 0 Å². The summed E-state index contributed by atoms with van der Waals surface area (Å²) < 4.78 is 0. The summed E-state index contributed by atoms with van der Waals surface area (Å²) in [7, 11) is 0. The van der Waals surface area contributed by atoms with Crippen molar-refractivity contribution in [3.8, 4) is 11.5 Å². The highest BCUT2D eigenvalue weighted by Crippen LogP contribution is 2.24. The quantitative estimate of drug-likeness (QED) is 0.723. The highest BCUT2D eigenvalue weighted by molar-refractivity contribution is 5.37. The first kappa shape index (κ1) is 9.34. The number of nitrogens with one attached hydrogen (secondary N) is 1. The Kier molecular flexibility index (Phi) is 2.89. The Morgan fingerprint density at radius 3 is 2.64 bits per heavy atom. The summed E-state index contributed by atoms with van der Waals surface area (Å²) in [5.41, 5.74) is 2.98. The van der Waals surface area contributed by atoms with E-state index >= 15 is 0 Å². The van der Waals surface area contributed by atoms with Crippen molar-refractivity contribution in [3.05, 3.63) is 24.3 Å². The molecular formula is C11H15NO2. The van der Waals surface area contributed by atoms with E-state index in [-0.39, 0.29) is 5.75 Å². The van der Waals surface area contributed by atoms with Gasteiger partial charge in [0.15, 0.2) is 11.5 Å². The minimum absolute atomic E-state index is 0.179. The minimum atomic E-state index is 0.179. The van der Waals surface area contributed by atoms with E-state index in [1.165, 1.54) is 12.8 Å². The highest BCUT2D eigenvalue weighted by Gasteiger charge is 2.15. The molecule has 0 unspecified atom stereocenters. The van der Waals surface area contributed by atoms with Crippen LogP contribution in [0.5, 0.6) is 11.5 Å². The topological polar surface area (TPSA) is 41.5 Å². The van der Waals surface area contributed by atoms with Crippen LogP contribution in [0.15, 0.2) is 24.3 Å². The Morgan fingerprint density at radius 1 is 1.21 bits per heavy atom. The molecule has 1 fully saturated rings. The van der Waals surface area contributed by atoms with Crippen molar-refractivity contribution < 1.29 is 9.94 Å². The van der Waals surface area contributed by atoms with E-state index in [1.807, 2.05) is 6.07 Å². The zero-order valence-electron chi connectivity index (χ0n) is 8.07. The molecule has 1 aromatic carbocycles. The molecule has 2 N–H and O–H groups in total. The second-order valence-corrected chi connectivity index (χ2v) is 3.67. The van der Waals surface area contributed by atoms with E-state index in [1.54, 1.807) is 18.2 Å². The molecule has 2 rings (SSSR count). The normalized spacial score (nSPS) is 17.1. The summed E-state index contributed by atoms with van der Waals surface area (Å²) >= 11 is 0. The maximum atomic E-state index is 9.42. The molecule has 3 nitrogen and oxygen atoms in total. The van der Waals surface area contributed by atoms with Crippen molar-refractivity contribution in [3.63, 3.8) is 0 Å². The van der Waals surface area contributed by atoms with Crippen molar-refractivity contribution in [2.75, 3.05) is 0 Å². The Bertz CT molecular complexity index is 295. The maximum absolute atomic E-state index is 9.42. The lowest BCUT2D eigenvalue weighted by molar-refractivity contribution is 0.151. The lowest BCUT2D eigenvalue weighted by atomic mass is 10.3. The van der Waals surface area contributed by atoms with Crippen LogP contribution in [-0.2, 0) is 0 Å². The molecule has 0 radical (unpaired) electrons. The van der Waals surface area contributed by atoms with Crippen molar-refractivity contribution in [1.29, 1.82) is 0 Å². The number of para-hydroxylation sites is 2. The van der Waals surface area contributed by atoms with E-state index < -0.39 is 0 Å². The van der Waals surface area contributed by atoms with Gasteiger partial charge in [0.05, 0.1) is 0 Å². The Balaban J connectivity index is 1.88. The molecule has 1 saturated carbocycles. The van der Waals surface area contributed by atoms with Gasteiger partial charge in [0.2, 0.25) is 0 Å². The number of phenolic OH excluding ortho intramolecular Hbond substituents is 1. The van der Waals surface area contributed by atoms with Gasteiger partial charge in [-0.05, 0) is 25.0 Å². The monoisotopic (exact) mass is 193 g/mol. The molecule has 76 valence electrons. The first-order valence-electron chi connectivity index (χ1n) is 5.06. The van der Waals surface area contributed by atoms with Crippen LogP contribution in [0.1, 0.15) is 25.7 Å². The molecule has 0 amide bonds. The molecular weight excluding hydrogens is 178 g/mol. The fourth-order valence-corrected chi connectivity index (χ4v) is 1.73. The first-order valence-corrected chi connectivity index (χ1v) is 5.06. The summed E-state index contributed by atoms with van der Waals surface area (Å²) in [6.45, 7) is 0. The third kappa shape index (κ3) is 2.17. The van der Waals surface area contributed by atoms with Crippen LogP contribution in [0.2, 0.25) is 0 Å². The van der Waals surface area contributed by atoms with Gasteiger partial charge >= 0.3 is 0 Å². The van der Waals surface area contributed by atoms with E-state index in [0.717, 1.165) is 12.8 Å². The van der Waals surface area contributed by atoms with Gasteiger partial charge < -0.3 is 9.94 Å². The number of hydroxylamine groups is 1. The third-order valence-electron chi connectivity index (χ3n) is 2.56. The van der Waals surface area contributed by atoms with Crippen LogP contribution in [0.25, 0.3) is 0 Å². The average Bonchev–Trinajstić information content (AvgIpc) is 2.69. The van der Waals surface area contributed by atoms with Gasteiger partial charge in [0.25, 0.3) is 0 Å². The third-order valence-corrected chi connectivity index (χ3v) is 2.56. The van der Waals surface area contributed by atoms with E-state index in [2.05, 4.69) is 5.48 Å². The first-order chi connectivity index (χ1) is 6.86. The molecule has 1 aliphatic carbocycles. The minimum Gasteiger partial charge on any atom is -0.504 e. The molecule has 14 heavy (non-hydrogen) atoms. The van der Waals surface area contributed by atoms with E-state index in [9.17, 15) is 5.11 Å². The molecule has 0 bridgehead atoms. The largest absolute Gasteiger partial charge is 0.504 e. The van der Waals surface area contributed by atoms with Crippen LogP contribution in [0, 0.1) is 0 Å². The molecule has 0 atom stereocenters. The predicted molar refractivity (Wildman–Crippen MR) is 54.1 cm³/mol. The van der Waals surface area contributed by atoms with Crippen molar-refractivity contribution in [2.45, 2.75) is 31.7 Å². The van der Waals surface area contributed by atoms with E-state index in [4.69, 9.17) is 4.84 Å². The number of benzene rings is 1.